The van der Waals surface area contributed by atoms with Crippen molar-refractivity contribution in [1.29, 1.82) is 0 Å². The number of methoxy groups -OCH3 is 8. The van der Waals surface area contributed by atoms with Gasteiger partial charge in [-0.15, -0.1) is 0 Å². The summed E-state index contributed by atoms with van der Waals surface area (Å²) in [5.74, 6) is 3.41. The topological polar surface area (TPSA) is 231 Å². The van der Waals surface area contributed by atoms with Gasteiger partial charge in [-0.3, -0.25) is 19.2 Å². The Labute approximate surface area is 452 Å². The minimum Gasteiger partial charge on any atom is -0.495 e. The molecule has 18 heteroatoms. The molecule has 4 aromatic rings. The second-order valence-corrected chi connectivity index (χ2v) is 20.3. The smallest absolute Gasteiger partial charge is 0.408 e. The molecule has 0 saturated heterocycles. The summed E-state index contributed by atoms with van der Waals surface area (Å²) >= 11 is 0. The van der Waals surface area contributed by atoms with Crippen LogP contribution in [0.5, 0.6) is 46.0 Å². The summed E-state index contributed by atoms with van der Waals surface area (Å²) in [6, 6.07) is 12.8. The summed E-state index contributed by atoms with van der Waals surface area (Å²) < 4.78 is 50.1. The molecular weight excluding hydrogens is 989 g/mol. The standard InChI is InChI=1S/C32H42N2O8.C27H34N2O6/c1-18(2)14-25(34-31(37)42-32(3,4)5)30(36)33-24-15-19(10-13-26(24)38-6)22-16-20(35)11-12-21-23(22)17-27(39-7)29(41-9)28(21)40-8;1-15(2)11-21(28)27(31)29-22-12-16(7-10-23(22)32-3)19-13-17(30)8-9-18-20(19)14-24(33-4)26(35-6)25(18)34-5/h10,13,15-18,25H,11-12,14H2,1-9H3,(H,33,36)(H,34,37);7,10,12-15,21H,8-9,11,28H2,1-6H3,(H,29,31). The van der Waals surface area contributed by atoms with Gasteiger partial charge in [0.25, 0.3) is 0 Å². The van der Waals surface area contributed by atoms with E-state index in [1.54, 1.807) is 85.6 Å². The fourth-order valence-corrected chi connectivity index (χ4v) is 9.16. The van der Waals surface area contributed by atoms with E-state index in [0.29, 0.717) is 106 Å². The third-order valence-corrected chi connectivity index (χ3v) is 12.6. The highest BCUT2D eigenvalue weighted by Crippen LogP contribution is 2.49. The highest BCUT2D eigenvalue weighted by molar-refractivity contribution is 6.05. The van der Waals surface area contributed by atoms with Crippen LogP contribution in [0.25, 0.3) is 11.1 Å². The zero-order valence-electron chi connectivity index (χ0n) is 47.1. The molecule has 77 heavy (non-hydrogen) atoms. The number of carbonyl (C=O) groups excluding carboxylic acids is 5. The number of fused-ring (bicyclic) bond motifs is 2. The largest absolute Gasteiger partial charge is 0.495 e. The lowest BCUT2D eigenvalue weighted by atomic mass is 9.92. The predicted molar refractivity (Wildman–Crippen MR) is 296 cm³/mol. The van der Waals surface area contributed by atoms with Crippen LogP contribution >= 0.6 is 0 Å². The summed E-state index contributed by atoms with van der Waals surface area (Å²) in [5.41, 5.74) is 12.1. The Morgan fingerprint density at radius 1 is 0.532 bits per heavy atom. The average molecular weight is 1070 g/mol. The van der Waals surface area contributed by atoms with Gasteiger partial charge in [0, 0.05) is 24.0 Å². The van der Waals surface area contributed by atoms with Gasteiger partial charge in [-0.1, -0.05) is 39.8 Å². The molecule has 2 unspecified atom stereocenters. The first-order chi connectivity index (χ1) is 36.5. The summed E-state index contributed by atoms with van der Waals surface area (Å²) in [6.45, 7) is 13.2. The third kappa shape index (κ3) is 15.0. The van der Waals surface area contributed by atoms with Gasteiger partial charge < -0.3 is 64.3 Å². The molecule has 0 aromatic heterocycles. The van der Waals surface area contributed by atoms with Crippen molar-refractivity contribution in [1.82, 2.24) is 5.32 Å². The van der Waals surface area contributed by atoms with Crippen molar-refractivity contribution in [2.45, 2.75) is 105 Å². The van der Waals surface area contributed by atoms with Gasteiger partial charge in [0.1, 0.15) is 23.1 Å². The molecule has 6 rings (SSSR count). The van der Waals surface area contributed by atoms with E-state index in [1.807, 2.05) is 52.0 Å². The first-order valence-corrected chi connectivity index (χ1v) is 25.4. The summed E-state index contributed by atoms with van der Waals surface area (Å²) in [7, 11) is 12.3. The first-order valence-electron chi connectivity index (χ1n) is 25.4. The zero-order chi connectivity index (χ0) is 56.9. The highest BCUT2D eigenvalue weighted by atomic mass is 16.6. The van der Waals surface area contributed by atoms with Crippen LogP contribution < -0.4 is 59.6 Å². The van der Waals surface area contributed by atoms with Gasteiger partial charge in [0.05, 0.1) is 74.3 Å². The molecule has 18 nitrogen and oxygen atoms in total. The molecule has 416 valence electrons. The number of ether oxygens (including phenoxy) is 9. The number of ketones is 2. The van der Waals surface area contributed by atoms with E-state index in [-0.39, 0.29) is 35.7 Å². The molecular formula is C59H76N4O14. The molecule has 0 heterocycles. The van der Waals surface area contributed by atoms with E-state index >= 15 is 0 Å². The van der Waals surface area contributed by atoms with Crippen molar-refractivity contribution in [2.75, 3.05) is 67.5 Å². The normalized spacial score (nSPS) is 13.8. The Bertz CT molecular complexity index is 2880. The number of alkyl carbamates (subject to hydrolysis) is 1. The molecule has 0 fully saturated rings. The Balaban J connectivity index is 0.000000289. The van der Waals surface area contributed by atoms with Crippen LogP contribution in [0.2, 0.25) is 0 Å². The fourth-order valence-electron chi connectivity index (χ4n) is 9.16. The van der Waals surface area contributed by atoms with Crippen molar-refractivity contribution in [3.63, 3.8) is 0 Å². The minimum atomic E-state index is -0.853. The Morgan fingerprint density at radius 3 is 1.30 bits per heavy atom. The monoisotopic (exact) mass is 1060 g/mol. The maximum absolute atomic E-state index is 13.5. The van der Waals surface area contributed by atoms with Crippen molar-refractivity contribution in [2.24, 2.45) is 17.6 Å². The van der Waals surface area contributed by atoms with Crippen molar-refractivity contribution in [3.8, 4) is 46.0 Å². The summed E-state index contributed by atoms with van der Waals surface area (Å²) in [6.07, 6.45) is 5.03. The highest BCUT2D eigenvalue weighted by Gasteiger charge is 2.30. The average Bonchev–Trinajstić information content (AvgIpc) is 3.67. The third-order valence-electron chi connectivity index (χ3n) is 12.6. The lowest BCUT2D eigenvalue weighted by Gasteiger charge is -2.24. The Morgan fingerprint density at radius 2 is 0.935 bits per heavy atom. The quantitative estimate of drug-likeness (QED) is 0.0685. The van der Waals surface area contributed by atoms with Crippen molar-refractivity contribution in [3.05, 3.63) is 94.1 Å². The van der Waals surface area contributed by atoms with Gasteiger partial charge in [-0.2, -0.15) is 0 Å². The van der Waals surface area contributed by atoms with E-state index in [9.17, 15) is 24.0 Å². The molecule has 0 radical (unpaired) electrons. The summed E-state index contributed by atoms with van der Waals surface area (Å²) in [5, 5.41) is 8.50. The fraction of sp³-hybridized carbons (Fsp3) is 0.441. The molecule has 4 aromatic carbocycles. The second-order valence-electron chi connectivity index (χ2n) is 20.3. The van der Waals surface area contributed by atoms with Crippen LogP contribution in [0, 0.1) is 11.8 Å². The van der Waals surface area contributed by atoms with Gasteiger partial charge in [-0.05, 0) is 140 Å². The van der Waals surface area contributed by atoms with Gasteiger partial charge in [-0.25, -0.2) is 4.79 Å². The van der Waals surface area contributed by atoms with Crippen LogP contribution in [-0.2, 0) is 36.8 Å². The number of anilines is 2. The van der Waals surface area contributed by atoms with E-state index in [0.717, 1.165) is 27.8 Å². The predicted octanol–water partition coefficient (Wildman–Crippen LogP) is 9.53. The van der Waals surface area contributed by atoms with Gasteiger partial charge >= 0.3 is 6.09 Å². The first kappa shape index (κ1) is 60.1. The molecule has 3 amide bonds. The number of rotatable bonds is 19. The van der Waals surface area contributed by atoms with Crippen LogP contribution in [0.3, 0.4) is 0 Å². The molecule has 2 aliphatic carbocycles. The zero-order valence-corrected chi connectivity index (χ0v) is 47.1. The Hall–Kier alpha value is -7.73. The number of allylic oxidation sites excluding steroid dienone is 2. The van der Waals surface area contributed by atoms with E-state index in [1.165, 1.54) is 28.4 Å². The van der Waals surface area contributed by atoms with Crippen molar-refractivity contribution < 1.29 is 66.6 Å². The SMILES string of the molecule is COc1ccc(C2=CC(=O)CCc3c2cc(OC)c(OC)c3OC)cc1NC(=O)C(CC(C)C)NC(=O)OC(C)(C)C.COc1ccc(C2=CC(=O)CCc3c2cc(OC)c(OC)c3OC)cc1NC(=O)C(N)CC(C)C. The van der Waals surface area contributed by atoms with Gasteiger partial charge in [0.2, 0.25) is 23.3 Å². The van der Waals surface area contributed by atoms with Crippen LogP contribution in [0.4, 0.5) is 16.2 Å². The maximum atomic E-state index is 13.5. The summed E-state index contributed by atoms with van der Waals surface area (Å²) in [4.78, 5) is 64.4. The molecule has 0 aliphatic heterocycles. The number of amides is 3. The minimum absolute atomic E-state index is 0.0171. The van der Waals surface area contributed by atoms with Gasteiger partial charge in [0.15, 0.2) is 34.6 Å². The lowest BCUT2D eigenvalue weighted by Crippen LogP contribution is -2.46. The number of hydrogen-bond acceptors (Lipinski definition) is 15. The van der Waals surface area contributed by atoms with Crippen LogP contribution in [0.1, 0.15) is 108 Å². The number of nitrogens with two attached hydrogens (primary N) is 1. The van der Waals surface area contributed by atoms with Crippen molar-refractivity contribution >= 4 is 52.0 Å². The number of hydrogen-bond donors (Lipinski definition) is 4. The number of benzene rings is 4. The number of nitrogens with one attached hydrogen (secondary N) is 3. The molecule has 0 bridgehead atoms. The van der Waals surface area contributed by atoms with E-state index in [4.69, 9.17) is 48.4 Å². The second kappa shape index (κ2) is 26.8. The van der Waals surface area contributed by atoms with Crippen LogP contribution in [0.15, 0.2) is 60.7 Å². The molecule has 5 N–H and O–H groups in total. The maximum Gasteiger partial charge on any atom is 0.408 e. The molecule has 2 aliphatic rings. The number of carbonyl (C=O) groups is 5. The molecule has 0 saturated carbocycles. The molecule has 0 spiro atoms. The lowest BCUT2D eigenvalue weighted by molar-refractivity contribution is -0.119. The van der Waals surface area contributed by atoms with Crippen LogP contribution in [-0.4, -0.2) is 104 Å². The Kier molecular flexibility index (Phi) is 21.0. The molecule has 2 atom stereocenters. The van der Waals surface area contributed by atoms with E-state index < -0.39 is 29.7 Å². The van der Waals surface area contributed by atoms with E-state index in [2.05, 4.69) is 16.0 Å².